The van der Waals surface area contributed by atoms with Crippen molar-refractivity contribution in [3.63, 3.8) is 0 Å². The van der Waals surface area contributed by atoms with E-state index in [0.29, 0.717) is 24.2 Å². The van der Waals surface area contributed by atoms with Crippen LogP contribution in [-0.2, 0) is 33.0 Å². The van der Waals surface area contributed by atoms with Gasteiger partial charge in [0, 0.05) is 24.2 Å². The normalized spacial score (nSPS) is 21.9. The van der Waals surface area contributed by atoms with E-state index in [1.807, 2.05) is 0 Å². The molecule has 10 heteroatoms. The van der Waals surface area contributed by atoms with Gasteiger partial charge in [0.2, 0.25) is 0 Å². The Balaban J connectivity index is 0. The summed E-state index contributed by atoms with van der Waals surface area (Å²) in [6, 6.07) is 2.14. The summed E-state index contributed by atoms with van der Waals surface area (Å²) in [5.74, 6) is 0. The van der Waals surface area contributed by atoms with Gasteiger partial charge < -0.3 is 22.9 Å². The van der Waals surface area contributed by atoms with Crippen molar-refractivity contribution in [1.29, 1.82) is 0 Å². The molecule has 0 saturated heterocycles. The molecule has 0 heterocycles. The van der Waals surface area contributed by atoms with Gasteiger partial charge in [-0.3, -0.25) is 0 Å². The zero-order valence-corrected chi connectivity index (χ0v) is 30.0. The summed E-state index contributed by atoms with van der Waals surface area (Å²) >= 11 is -1.61. The Morgan fingerprint density at radius 3 is 0.500 bits per heavy atom. The van der Waals surface area contributed by atoms with Crippen LogP contribution < -0.4 is 22.9 Å². The van der Waals surface area contributed by atoms with Gasteiger partial charge in [-0.2, -0.15) is 0 Å². The summed E-state index contributed by atoms with van der Waals surface area (Å²) in [5, 5.41) is 0. The van der Waals surface area contributed by atoms with Gasteiger partial charge in [0.15, 0.2) is 0 Å². The standard InChI is InChI=1S/4C6H13N.4ClH.2W/c4*7-6-4-2-1-3-5-6;;;;;;/h4*6H,1-5,7H2;4*1H;;/q;;;;;;;;2*+2/p-4. The Morgan fingerprint density at radius 1 is 0.324 bits per heavy atom. The van der Waals surface area contributed by atoms with E-state index >= 15 is 0 Å². The molecule has 0 amide bonds. The van der Waals surface area contributed by atoms with E-state index in [2.05, 4.69) is 0 Å². The first-order valence-corrected chi connectivity index (χ1v) is 27.8. The van der Waals surface area contributed by atoms with Crippen LogP contribution in [0.15, 0.2) is 0 Å². The third kappa shape index (κ3) is 32.4. The zero-order chi connectivity index (χ0) is 25.9. The first-order chi connectivity index (χ1) is 16.4. The predicted octanol–water partition coefficient (Wildman–Crippen LogP) is 7.86. The number of hydrogen-bond acceptors (Lipinski definition) is 4. The van der Waals surface area contributed by atoms with E-state index < -0.39 is 33.0 Å². The van der Waals surface area contributed by atoms with Gasteiger partial charge in [0.1, 0.15) is 0 Å². The van der Waals surface area contributed by atoms with Crippen LogP contribution in [0.4, 0.5) is 0 Å². The van der Waals surface area contributed by atoms with Gasteiger partial charge in [0.25, 0.3) is 0 Å². The van der Waals surface area contributed by atoms with Gasteiger partial charge in [-0.1, -0.05) is 77.0 Å². The van der Waals surface area contributed by atoms with Crippen LogP contribution in [-0.4, -0.2) is 24.2 Å². The topological polar surface area (TPSA) is 104 Å². The first kappa shape index (κ1) is 38.5. The average Bonchev–Trinajstić information content (AvgIpc) is 2.83. The maximum atomic E-state index is 5.63. The van der Waals surface area contributed by atoms with Crippen molar-refractivity contribution in [2.45, 2.75) is 153 Å². The van der Waals surface area contributed by atoms with E-state index in [9.17, 15) is 0 Å². The molecule has 4 saturated carbocycles. The Hall–Kier alpha value is 2.38. The summed E-state index contributed by atoms with van der Waals surface area (Å²) < 4.78 is 0. The van der Waals surface area contributed by atoms with Gasteiger partial charge in [-0.25, -0.2) is 0 Å². The van der Waals surface area contributed by atoms with Crippen molar-refractivity contribution < 1.29 is 33.0 Å². The fourth-order valence-electron chi connectivity index (χ4n) is 4.54. The van der Waals surface area contributed by atoms with Crippen LogP contribution in [0.2, 0.25) is 0 Å². The second-order valence-corrected chi connectivity index (χ2v) is 18.2. The number of hydrogen-bond donors (Lipinski definition) is 4. The van der Waals surface area contributed by atoms with Crippen LogP contribution in [0.3, 0.4) is 0 Å². The predicted molar refractivity (Wildman–Crippen MR) is 148 cm³/mol. The van der Waals surface area contributed by atoms with Gasteiger partial charge in [-0.05, 0) is 51.4 Å². The van der Waals surface area contributed by atoms with Crippen LogP contribution in [0.5, 0.6) is 0 Å². The molecule has 0 unspecified atom stereocenters. The third-order valence-electron chi connectivity index (χ3n) is 6.60. The Labute approximate surface area is 244 Å². The van der Waals surface area contributed by atoms with Crippen LogP contribution in [0, 0.1) is 0 Å². The van der Waals surface area contributed by atoms with Gasteiger partial charge >= 0.3 is 70.6 Å². The quantitative estimate of drug-likeness (QED) is 0.199. The molecule has 0 bridgehead atoms. The second-order valence-electron chi connectivity index (χ2n) is 9.71. The molecule has 4 rings (SSSR count). The summed E-state index contributed by atoms with van der Waals surface area (Å²) in [6.07, 6.45) is 26.7. The monoisotopic (exact) mass is 904 g/mol. The van der Waals surface area contributed by atoms with Crippen molar-refractivity contribution in [2.75, 3.05) is 0 Å². The molecule has 0 aromatic heterocycles. The van der Waals surface area contributed by atoms with Crippen molar-refractivity contribution >= 4 is 37.7 Å². The average molecular weight is 906 g/mol. The van der Waals surface area contributed by atoms with Crippen LogP contribution in [0.1, 0.15) is 128 Å². The minimum absolute atomic E-state index is 0.536. The van der Waals surface area contributed by atoms with E-state index in [4.69, 9.17) is 60.6 Å². The molecular formula is C24H52Cl4N4W2. The third-order valence-corrected chi connectivity index (χ3v) is 6.60. The zero-order valence-electron chi connectivity index (χ0n) is 21.1. The number of rotatable bonds is 0. The summed E-state index contributed by atoms with van der Waals surface area (Å²) in [4.78, 5) is 0. The van der Waals surface area contributed by atoms with E-state index in [-0.39, 0.29) is 0 Å². The Morgan fingerprint density at radius 2 is 0.441 bits per heavy atom. The molecule has 0 aromatic rings. The van der Waals surface area contributed by atoms with Crippen LogP contribution in [0.25, 0.3) is 0 Å². The molecule has 34 heavy (non-hydrogen) atoms. The molecule has 0 atom stereocenters. The fraction of sp³-hybridized carbons (Fsp3) is 1.00. The molecule has 0 aromatic carbocycles. The molecule has 4 aliphatic rings. The van der Waals surface area contributed by atoms with Gasteiger partial charge in [0.05, 0.1) is 0 Å². The molecule has 0 aliphatic heterocycles. The SMILES string of the molecule is NC1CCCCC1.NC1CCCCC1.NC1CCCCC1.NC1CCCCC1.[Cl][W][Cl].[Cl][W][Cl]. The van der Waals surface area contributed by atoms with Crippen molar-refractivity contribution in [3.8, 4) is 0 Å². The van der Waals surface area contributed by atoms with E-state index in [1.165, 1.54) is 128 Å². The summed E-state index contributed by atoms with van der Waals surface area (Å²) in [6.45, 7) is 0. The fourth-order valence-corrected chi connectivity index (χ4v) is 4.54. The molecule has 0 radical (unpaired) electrons. The Kier molecular flexibility index (Phi) is 35.8. The van der Waals surface area contributed by atoms with Gasteiger partial charge in [-0.15, -0.1) is 0 Å². The van der Waals surface area contributed by atoms with Crippen molar-refractivity contribution in [3.05, 3.63) is 0 Å². The summed E-state index contributed by atoms with van der Waals surface area (Å²) in [7, 11) is 19.7. The Bertz CT molecular complexity index is 301. The molecule has 4 nitrogen and oxygen atoms in total. The molecular weight excluding hydrogens is 854 g/mol. The number of halogens is 4. The maximum absolute atomic E-state index is 5.63. The summed E-state index contributed by atoms with van der Waals surface area (Å²) in [5.41, 5.74) is 22.5. The second kappa shape index (κ2) is 31.6. The van der Waals surface area contributed by atoms with Crippen LogP contribution >= 0.6 is 37.7 Å². The van der Waals surface area contributed by atoms with Crippen molar-refractivity contribution in [1.82, 2.24) is 0 Å². The molecule has 208 valence electrons. The molecule has 4 aliphatic carbocycles. The first-order valence-electron chi connectivity index (χ1n) is 13.2. The minimum atomic E-state index is -0.806. The van der Waals surface area contributed by atoms with Crippen molar-refractivity contribution in [2.24, 2.45) is 22.9 Å². The van der Waals surface area contributed by atoms with E-state index in [1.54, 1.807) is 0 Å². The molecule has 4 fully saturated rings. The van der Waals surface area contributed by atoms with E-state index in [0.717, 1.165) is 0 Å². The number of nitrogens with two attached hydrogens (primary N) is 4. The molecule has 0 spiro atoms. The molecule has 8 N–H and O–H groups in total.